The number of nitrogens with one attached hydrogen (secondary N) is 1. The van der Waals surface area contributed by atoms with Gasteiger partial charge in [-0.2, -0.15) is 0 Å². The monoisotopic (exact) mass is 396 g/mol. The molecule has 6 nitrogen and oxygen atoms in total. The van der Waals surface area contributed by atoms with Crippen LogP contribution in [-0.4, -0.2) is 57.2 Å². The first-order valence-electron chi connectivity index (χ1n) is 9.40. The first-order chi connectivity index (χ1) is 13.5. The fraction of sp³-hybridized carbons (Fsp3) is 0.333. The predicted molar refractivity (Wildman–Crippen MR) is 113 cm³/mol. The molecule has 0 saturated carbocycles. The SMILES string of the molecule is CN1CCC[C@@H](Nc2nnc(-c3ccc([S+](C)[O-])cc3O)c3ccccc23)C1. The molecule has 2 aromatic carbocycles. The number of phenols is 1. The van der Waals surface area contributed by atoms with Gasteiger partial charge in [-0.3, -0.25) is 0 Å². The zero-order valence-corrected chi connectivity index (χ0v) is 16.9. The predicted octanol–water partition coefficient (Wildman–Crippen LogP) is 3.25. The summed E-state index contributed by atoms with van der Waals surface area (Å²) in [6.07, 6.45) is 3.86. The third kappa shape index (κ3) is 3.78. The molecule has 1 saturated heterocycles. The molecule has 1 unspecified atom stereocenters. The number of hydrogen-bond donors (Lipinski definition) is 2. The van der Waals surface area contributed by atoms with E-state index in [1.54, 1.807) is 18.4 Å². The summed E-state index contributed by atoms with van der Waals surface area (Å²) < 4.78 is 11.7. The van der Waals surface area contributed by atoms with Crippen LogP contribution in [0.3, 0.4) is 0 Å². The Balaban J connectivity index is 1.74. The van der Waals surface area contributed by atoms with Crippen LogP contribution >= 0.6 is 0 Å². The van der Waals surface area contributed by atoms with E-state index in [2.05, 4.69) is 27.5 Å². The number of hydrogen-bond acceptors (Lipinski definition) is 6. The van der Waals surface area contributed by atoms with Gasteiger partial charge in [0.2, 0.25) is 0 Å². The third-order valence-electron chi connectivity index (χ3n) is 5.21. The summed E-state index contributed by atoms with van der Waals surface area (Å²) in [7, 11) is 2.14. The van der Waals surface area contributed by atoms with Crippen LogP contribution in [0.5, 0.6) is 5.75 Å². The van der Waals surface area contributed by atoms with Crippen LogP contribution in [-0.2, 0) is 11.2 Å². The van der Waals surface area contributed by atoms with Crippen molar-refractivity contribution in [3.05, 3.63) is 42.5 Å². The van der Waals surface area contributed by atoms with Crippen molar-refractivity contribution in [3.63, 3.8) is 0 Å². The lowest BCUT2D eigenvalue weighted by Crippen LogP contribution is -2.40. The highest BCUT2D eigenvalue weighted by atomic mass is 32.2. The highest BCUT2D eigenvalue weighted by molar-refractivity contribution is 7.90. The largest absolute Gasteiger partial charge is 0.612 e. The quantitative estimate of drug-likeness (QED) is 0.659. The van der Waals surface area contributed by atoms with E-state index in [1.807, 2.05) is 24.3 Å². The summed E-state index contributed by atoms with van der Waals surface area (Å²) in [5.74, 6) is 0.826. The van der Waals surface area contributed by atoms with E-state index in [0.717, 1.165) is 42.5 Å². The first-order valence-corrected chi connectivity index (χ1v) is 11.0. The van der Waals surface area contributed by atoms with Gasteiger partial charge in [-0.05, 0) is 49.7 Å². The van der Waals surface area contributed by atoms with Gasteiger partial charge >= 0.3 is 0 Å². The van der Waals surface area contributed by atoms with Crippen molar-refractivity contribution in [1.82, 2.24) is 15.1 Å². The second-order valence-electron chi connectivity index (χ2n) is 7.32. The molecule has 2 N–H and O–H groups in total. The Morgan fingerprint density at radius 2 is 1.96 bits per heavy atom. The molecule has 0 bridgehead atoms. The Labute approximate surface area is 167 Å². The zero-order valence-electron chi connectivity index (χ0n) is 16.1. The van der Waals surface area contributed by atoms with Crippen LogP contribution in [0.25, 0.3) is 22.0 Å². The van der Waals surface area contributed by atoms with Crippen molar-refractivity contribution in [2.24, 2.45) is 0 Å². The standard InChI is InChI=1S/C21H24N4O2S/c1-25-11-5-6-14(13-25)22-21-17-8-4-3-7-16(17)20(23-24-21)18-10-9-15(28(2)27)12-19(18)26/h3-4,7-10,12,14,26H,5-6,11,13H2,1-2H3,(H,22,24)/t14-,28?/m1/s1. The van der Waals surface area contributed by atoms with Crippen LogP contribution in [0.4, 0.5) is 5.82 Å². The second kappa shape index (κ2) is 7.95. The lowest BCUT2D eigenvalue weighted by atomic mass is 10.0. The van der Waals surface area contributed by atoms with Gasteiger partial charge in [0.05, 0.1) is 0 Å². The van der Waals surface area contributed by atoms with Gasteiger partial charge in [0.1, 0.15) is 17.7 Å². The lowest BCUT2D eigenvalue weighted by Gasteiger charge is -2.30. The van der Waals surface area contributed by atoms with Crippen molar-refractivity contribution in [2.45, 2.75) is 23.8 Å². The molecule has 146 valence electrons. The number of aromatic nitrogens is 2. The van der Waals surface area contributed by atoms with Gasteiger partial charge < -0.3 is 19.9 Å². The van der Waals surface area contributed by atoms with Crippen molar-refractivity contribution >= 4 is 27.8 Å². The number of likely N-dealkylation sites (N-methyl/N-ethyl adjacent to an activating group) is 1. The van der Waals surface area contributed by atoms with E-state index in [4.69, 9.17) is 0 Å². The Bertz CT molecular complexity index is 995. The van der Waals surface area contributed by atoms with Crippen LogP contribution in [0.2, 0.25) is 0 Å². The Morgan fingerprint density at radius 3 is 2.68 bits per heavy atom. The van der Waals surface area contributed by atoms with Gasteiger partial charge in [-0.1, -0.05) is 24.3 Å². The molecule has 7 heteroatoms. The smallest absolute Gasteiger partial charge is 0.156 e. The third-order valence-corrected chi connectivity index (χ3v) is 6.13. The molecule has 0 amide bonds. The van der Waals surface area contributed by atoms with Gasteiger partial charge in [-0.25, -0.2) is 0 Å². The minimum absolute atomic E-state index is 0.0572. The van der Waals surface area contributed by atoms with Crippen molar-refractivity contribution in [3.8, 4) is 17.0 Å². The molecule has 1 aliphatic rings. The summed E-state index contributed by atoms with van der Waals surface area (Å²) in [6, 6.07) is 13.3. The van der Waals surface area contributed by atoms with Crippen LogP contribution in [0, 0.1) is 0 Å². The summed E-state index contributed by atoms with van der Waals surface area (Å²) >= 11 is -1.15. The van der Waals surface area contributed by atoms with E-state index < -0.39 is 11.2 Å². The highest BCUT2D eigenvalue weighted by Gasteiger charge is 2.20. The molecular formula is C21H24N4O2S. The van der Waals surface area contributed by atoms with Gasteiger partial charge in [0.25, 0.3) is 0 Å². The van der Waals surface area contributed by atoms with Gasteiger partial charge in [0, 0.05) is 35.0 Å². The van der Waals surface area contributed by atoms with Crippen LogP contribution in [0.1, 0.15) is 12.8 Å². The number of nitrogens with zero attached hydrogens (tertiary/aromatic N) is 3. The maximum Gasteiger partial charge on any atom is 0.156 e. The maximum atomic E-state index is 11.7. The Hall–Kier alpha value is -2.35. The van der Waals surface area contributed by atoms with Crippen molar-refractivity contribution in [1.29, 1.82) is 0 Å². The second-order valence-corrected chi connectivity index (χ2v) is 8.70. The molecule has 28 heavy (non-hydrogen) atoms. The summed E-state index contributed by atoms with van der Waals surface area (Å²) in [6.45, 7) is 2.11. The number of benzene rings is 2. The number of rotatable bonds is 4. The molecule has 2 heterocycles. The Morgan fingerprint density at radius 1 is 1.18 bits per heavy atom. The lowest BCUT2D eigenvalue weighted by molar-refractivity contribution is 0.261. The minimum Gasteiger partial charge on any atom is -0.612 e. The molecule has 1 aromatic heterocycles. The molecule has 4 rings (SSSR count). The van der Waals surface area contributed by atoms with Gasteiger partial charge in [-0.15, -0.1) is 10.2 Å². The van der Waals surface area contributed by atoms with E-state index in [0.29, 0.717) is 22.2 Å². The molecule has 0 aliphatic carbocycles. The molecular weight excluding hydrogens is 372 g/mol. The average molecular weight is 397 g/mol. The minimum atomic E-state index is -1.15. The van der Waals surface area contributed by atoms with E-state index in [1.165, 1.54) is 6.07 Å². The molecule has 1 fully saturated rings. The maximum absolute atomic E-state index is 11.7. The van der Waals surface area contributed by atoms with Crippen molar-refractivity contribution < 1.29 is 9.66 Å². The van der Waals surface area contributed by atoms with E-state index >= 15 is 0 Å². The zero-order chi connectivity index (χ0) is 19.7. The van der Waals surface area contributed by atoms with E-state index in [9.17, 15) is 9.66 Å². The summed E-state index contributed by atoms with van der Waals surface area (Å²) in [5.41, 5.74) is 1.20. The number of fused-ring (bicyclic) bond motifs is 1. The summed E-state index contributed by atoms with van der Waals surface area (Å²) in [4.78, 5) is 2.90. The Kier molecular flexibility index (Phi) is 5.39. The number of phenolic OH excluding ortho intramolecular Hbond substituents is 1. The van der Waals surface area contributed by atoms with Crippen LogP contribution in [0.15, 0.2) is 47.4 Å². The van der Waals surface area contributed by atoms with Gasteiger partial charge in [0.15, 0.2) is 10.7 Å². The topological polar surface area (TPSA) is 84.3 Å². The fourth-order valence-corrected chi connectivity index (χ4v) is 4.31. The molecule has 3 aromatic rings. The molecule has 0 radical (unpaired) electrons. The van der Waals surface area contributed by atoms with Crippen molar-refractivity contribution in [2.75, 3.05) is 31.7 Å². The normalized spacial score (nSPS) is 18.9. The first kappa shape index (κ1) is 19.0. The fourth-order valence-electron chi connectivity index (χ4n) is 3.78. The molecule has 0 spiro atoms. The van der Waals surface area contributed by atoms with Crippen LogP contribution < -0.4 is 5.32 Å². The number of anilines is 1. The number of piperidine rings is 1. The van der Waals surface area contributed by atoms with E-state index in [-0.39, 0.29) is 5.75 Å². The molecule has 1 aliphatic heterocycles. The number of likely N-dealkylation sites (tertiary alicyclic amines) is 1. The average Bonchev–Trinajstić information content (AvgIpc) is 2.68. The highest BCUT2D eigenvalue weighted by Crippen LogP contribution is 2.36. The summed E-state index contributed by atoms with van der Waals surface area (Å²) in [5, 5.41) is 24.8. The number of aromatic hydroxyl groups is 1. The molecule has 2 atom stereocenters.